The van der Waals surface area contributed by atoms with Crippen LogP contribution in [-0.4, -0.2) is 6.54 Å². The fourth-order valence-electron chi connectivity index (χ4n) is 3.16. The SMILES string of the molecule is CCc1cccc(NCC2=C(C)CCCC2(C)C)c1.Cl. The van der Waals surface area contributed by atoms with E-state index in [1.54, 1.807) is 11.1 Å². The highest BCUT2D eigenvalue weighted by molar-refractivity contribution is 5.85. The third kappa shape index (κ3) is 4.02. The highest BCUT2D eigenvalue weighted by Crippen LogP contribution is 2.39. The number of aryl methyl sites for hydroxylation is 1. The van der Waals surface area contributed by atoms with Crippen LogP contribution in [0.1, 0.15) is 52.5 Å². The fraction of sp³-hybridized carbons (Fsp3) is 0.556. The van der Waals surface area contributed by atoms with Gasteiger partial charge in [0.25, 0.3) is 0 Å². The van der Waals surface area contributed by atoms with Crippen molar-refractivity contribution in [3.05, 3.63) is 41.0 Å². The lowest BCUT2D eigenvalue weighted by Crippen LogP contribution is -2.25. The number of hydrogen-bond acceptors (Lipinski definition) is 1. The molecule has 0 heterocycles. The average molecular weight is 294 g/mol. The molecule has 2 heteroatoms. The molecule has 0 unspecified atom stereocenters. The van der Waals surface area contributed by atoms with Crippen molar-refractivity contribution in [1.82, 2.24) is 0 Å². The van der Waals surface area contributed by atoms with Crippen LogP contribution in [0.15, 0.2) is 35.4 Å². The standard InChI is InChI=1S/C18H27N.ClH/c1-5-15-9-6-10-16(12-15)19-13-17-14(2)8-7-11-18(17,3)4;/h6,9-10,12,19H,5,7-8,11,13H2,1-4H3;1H. The predicted octanol–water partition coefficient (Wildman–Crippen LogP) is 5.61. The lowest BCUT2D eigenvalue weighted by Gasteiger charge is -2.35. The molecule has 112 valence electrons. The van der Waals surface area contributed by atoms with Gasteiger partial charge in [-0.15, -0.1) is 12.4 Å². The summed E-state index contributed by atoms with van der Waals surface area (Å²) in [4.78, 5) is 0. The minimum absolute atomic E-state index is 0. The molecule has 0 fully saturated rings. The van der Waals surface area contributed by atoms with Crippen molar-refractivity contribution in [3.8, 4) is 0 Å². The maximum absolute atomic E-state index is 3.62. The number of rotatable bonds is 4. The van der Waals surface area contributed by atoms with Crippen molar-refractivity contribution in [2.45, 2.75) is 53.4 Å². The second kappa shape index (κ2) is 7.17. The molecule has 1 nitrogen and oxygen atoms in total. The van der Waals surface area contributed by atoms with E-state index in [4.69, 9.17) is 0 Å². The molecular weight excluding hydrogens is 266 g/mol. The summed E-state index contributed by atoms with van der Waals surface area (Å²) < 4.78 is 0. The number of hydrogen-bond donors (Lipinski definition) is 1. The molecule has 0 bridgehead atoms. The molecule has 0 spiro atoms. The third-order valence-corrected chi connectivity index (χ3v) is 4.49. The van der Waals surface area contributed by atoms with Gasteiger partial charge in [-0.2, -0.15) is 0 Å². The van der Waals surface area contributed by atoms with Crippen LogP contribution in [0, 0.1) is 5.41 Å². The predicted molar refractivity (Wildman–Crippen MR) is 91.9 cm³/mol. The molecule has 1 aliphatic carbocycles. The zero-order chi connectivity index (χ0) is 13.9. The summed E-state index contributed by atoms with van der Waals surface area (Å²) >= 11 is 0. The first-order valence-electron chi connectivity index (χ1n) is 7.55. The lowest BCUT2D eigenvalue weighted by molar-refractivity contribution is 0.364. The van der Waals surface area contributed by atoms with Gasteiger partial charge in [0.15, 0.2) is 0 Å². The van der Waals surface area contributed by atoms with Gasteiger partial charge in [-0.1, -0.05) is 38.5 Å². The van der Waals surface area contributed by atoms with Crippen molar-refractivity contribution in [1.29, 1.82) is 0 Å². The van der Waals surface area contributed by atoms with Crippen LogP contribution in [0.5, 0.6) is 0 Å². The number of nitrogens with one attached hydrogen (secondary N) is 1. The van der Waals surface area contributed by atoms with Crippen molar-refractivity contribution < 1.29 is 0 Å². The molecule has 0 saturated heterocycles. The quantitative estimate of drug-likeness (QED) is 0.712. The van der Waals surface area contributed by atoms with E-state index in [1.165, 1.54) is 30.5 Å². The monoisotopic (exact) mass is 293 g/mol. The Morgan fingerprint density at radius 1 is 1.25 bits per heavy atom. The van der Waals surface area contributed by atoms with Gasteiger partial charge in [0.2, 0.25) is 0 Å². The Morgan fingerprint density at radius 2 is 2.00 bits per heavy atom. The summed E-state index contributed by atoms with van der Waals surface area (Å²) in [5.41, 5.74) is 6.22. The minimum Gasteiger partial charge on any atom is -0.381 e. The van der Waals surface area contributed by atoms with E-state index in [0.717, 1.165) is 13.0 Å². The first kappa shape index (κ1) is 17.1. The van der Waals surface area contributed by atoms with Crippen LogP contribution in [0.3, 0.4) is 0 Å². The van der Waals surface area contributed by atoms with Gasteiger partial charge in [-0.25, -0.2) is 0 Å². The van der Waals surface area contributed by atoms with Crippen molar-refractivity contribution in [2.24, 2.45) is 5.41 Å². The Labute approximate surface area is 130 Å². The minimum atomic E-state index is 0. The number of benzene rings is 1. The second-order valence-corrected chi connectivity index (χ2v) is 6.40. The molecule has 1 aliphatic rings. The molecule has 0 atom stereocenters. The smallest absolute Gasteiger partial charge is 0.0368 e. The van der Waals surface area contributed by atoms with E-state index in [-0.39, 0.29) is 12.4 Å². The van der Waals surface area contributed by atoms with Gasteiger partial charge < -0.3 is 5.32 Å². The van der Waals surface area contributed by atoms with Crippen LogP contribution in [-0.2, 0) is 6.42 Å². The molecule has 1 aromatic carbocycles. The van der Waals surface area contributed by atoms with Gasteiger partial charge >= 0.3 is 0 Å². The van der Waals surface area contributed by atoms with Crippen LogP contribution in [0.2, 0.25) is 0 Å². The highest BCUT2D eigenvalue weighted by atomic mass is 35.5. The number of halogens is 1. The second-order valence-electron chi connectivity index (χ2n) is 6.40. The van der Waals surface area contributed by atoms with Gasteiger partial charge in [0.05, 0.1) is 0 Å². The zero-order valence-corrected chi connectivity index (χ0v) is 14.1. The van der Waals surface area contributed by atoms with Gasteiger partial charge in [-0.3, -0.25) is 0 Å². The molecule has 0 radical (unpaired) electrons. The molecule has 0 aromatic heterocycles. The average Bonchev–Trinajstić information content (AvgIpc) is 2.37. The van der Waals surface area contributed by atoms with Gasteiger partial charge in [-0.05, 0) is 61.3 Å². The molecule has 20 heavy (non-hydrogen) atoms. The van der Waals surface area contributed by atoms with Gasteiger partial charge in [0, 0.05) is 12.2 Å². The Bertz CT molecular complexity index is 474. The van der Waals surface area contributed by atoms with E-state index >= 15 is 0 Å². The Balaban J connectivity index is 0.00000200. The van der Waals surface area contributed by atoms with E-state index in [9.17, 15) is 0 Å². The summed E-state index contributed by atoms with van der Waals surface area (Å²) in [6.45, 7) is 10.3. The normalized spacial score (nSPS) is 17.6. The summed E-state index contributed by atoms with van der Waals surface area (Å²) in [5, 5.41) is 3.62. The Kier molecular flexibility index (Phi) is 6.13. The van der Waals surface area contributed by atoms with Crippen molar-refractivity contribution >= 4 is 18.1 Å². The van der Waals surface area contributed by atoms with E-state index in [0.29, 0.717) is 5.41 Å². The maximum Gasteiger partial charge on any atom is 0.0368 e. The summed E-state index contributed by atoms with van der Waals surface area (Å²) in [7, 11) is 0. The molecule has 0 saturated carbocycles. The Hall–Kier alpha value is -0.950. The van der Waals surface area contributed by atoms with Crippen LogP contribution in [0.25, 0.3) is 0 Å². The Morgan fingerprint density at radius 3 is 2.65 bits per heavy atom. The summed E-state index contributed by atoms with van der Waals surface area (Å²) in [6, 6.07) is 8.78. The summed E-state index contributed by atoms with van der Waals surface area (Å²) in [5.74, 6) is 0. The molecule has 1 aromatic rings. The number of allylic oxidation sites excluding steroid dienone is 1. The van der Waals surface area contributed by atoms with Crippen LogP contribution >= 0.6 is 12.4 Å². The van der Waals surface area contributed by atoms with Crippen molar-refractivity contribution in [2.75, 3.05) is 11.9 Å². The zero-order valence-electron chi connectivity index (χ0n) is 13.3. The third-order valence-electron chi connectivity index (χ3n) is 4.49. The molecule has 0 amide bonds. The first-order chi connectivity index (χ1) is 9.03. The van der Waals surface area contributed by atoms with E-state index in [1.807, 2.05) is 0 Å². The maximum atomic E-state index is 3.62. The summed E-state index contributed by atoms with van der Waals surface area (Å²) in [6.07, 6.45) is 5.03. The van der Waals surface area contributed by atoms with Crippen LogP contribution in [0.4, 0.5) is 5.69 Å². The lowest BCUT2D eigenvalue weighted by atomic mass is 9.73. The largest absolute Gasteiger partial charge is 0.381 e. The highest BCUT2D eigenvalue weighted by Gasteiger charge is 2.27. The topological polar surface area (TPSA) is 12.0 Å². The van der Waals surface area contributed by atoms with E-state index < -0.39 is 0 Å². The van der Waals surface area contributed by atoms with Gasteiger partial charge in [0.1, 0.15) is 0 Å². The first-order valence-corrected chi connectivity index (χ1v) is 7.55. The molecule has 1 N–H and O–H groups in total. The van der Waals surface area contributed by atoms with Crippen LogP contribution < -0.4 is 5.32 Å². The molecule has 0 aliphatic heterocycles. The molecule has 2 rings (SSSR count). The fourth-order valence-corrected chi connectivity index (χ4v) is 3.16. The number of anilines is 1. The molecular formula is C18H28ClN. The van der Waals surface area contributed by atoms with Crippen molar-refractivity contribution in [3.63, 3.8) is 0 Å². The van der Waals surface area contributed by atoms with E-state index in [2.05, 4.69) is 57.3 Å².